The third kappa shape index (κ3) is 20.0. The standard InChI is InChI=1S/C10H14FN3O3.C10H12FN3O3.C10H15N5OS.C9H12FN3O3.C9H10FN3O3.C9H13N3O4/c2*1-16-5-6-2-3-8(17-6)14-4-7(11)9(12)13-10(14)15;1-6(16-2)4-15-5-12-7-8(15)13-10(11)14-9(7)17-3;2*1-15-7-3-2-6(16-7)13-4-5(10)8(11)12-9(13)14;1-4-6(13)7(14)8(16-4)12-3-2-5(10)11-9(12)15/h4,6,8H,2-3,5H2,1H3,(H2,12,13,15);2-4,6,8H,5H2,1H3,(H2,12,13,15);5-6H,4H2,1-3H3,(H2,11,13,14);4,6-7H,2-3H2,1H3,(H2,11,12,14);2-4,6-7H,1H3,(H2,11,12,14);2-4,6-8,13-14H,1H3,(H2,10,11,15)/t2*6-,8+;;2*6-,7+;/m11.00./s1. The van der Waals surface area contributed by atoms with Gasteiger partial charge in [0.1, 0.15) is 47.1 Å². The summed E-state index contributed by atoms with van der Waals surface area (Å²) in [5.41, 5.74) is 30.1. The van der Waals surface area contributed by atoms with Gasteiger partial charge in [-0.15, -0.1) is 11.8 Å². The summed E-state index contributed by atoms with van der Waals surface area (Å²) < 4.78 is 112. The van der Waals surface area contributed by atoms with Crippen LogP contribution in [0.4, 0.5) is 52.6 Å². The number of rotatable bonds is 15. The van der Waals surface area contributed by atoms with Crippen LogP contribution >= 0.6 is 11.8 Å². The van der Waals surface area contributed by atoms with Crippen molar-refractivity contribution in [1.29, 1.82) is 0 Å². The lowest BCUT2D eigenvalue weighted by Gasteiger charge is -2.16. The van der Waals surface area contributed by atoms with Gasteiger partial charge in [0, 0.05) is 48.2 Å². The first-order valence-electron chi connectivity index (χ1n) is 29.7. The molecule has 5 aliphatic heterocycles. The summed E-state index contributed by atoms with van der Waals surface area (Å²) in [5.74, 6) is -4.23. The highest BCUT2D eigenvalue weighted by Gasteiger charge is 2.42. The number of hydrogen-bond acceptors (Lipinski definition) is 32. The lowest BCUT2D eigenvalue weighted by atomic mass is 10.1. The molecule has 0 radical (unpaired) electrons. The fourth-order valence-corrected chi connectivity index (χ4v) is 10.1. The Morgan fingerprint density at radius 1 is 0.596 bits per heavy atom. The van der Waals surface area contributed by atoms with Gasteiger partial charge in [0.25, 0.3) is 0 Å². The number of nitrogen functional groups attached to an aromatic ring is 6. The third-order valence-corrected chi connectivity index (χ3v) is 15.4. The van der Waals surface area contributed by atoms with Gasteiger partial charge in [0.2, 0.25) is 5.95 Å². The molecule has 0 spiro atoms. The van der Waals surface area contributed by atoms with E-state index in [0.29, 0.717) is 39.0 Å². The molecule has 99 heavy (non-hydrogen) atoms. The molecule has 5 unspecified atom stereocenters. The summed E-state index contributed by atoms with van der Waals surface area (Å²) >= 11 is 1.51. The van der Waals surface area contributed by atoms with Crippen LogP contribution in [0.15, 0.2) is 96.7 Å². The van der Waals surface area contributed by atoms with Crippen molar-refractivity contribution in [2.75, 3.05) is 89.4 Å². The number of aliphatic hydroxyl groups excluding tert-OH is 2. The van der Waals surface area contributed by atoms with Crippen LogP contribution in [0.25, 0.3) is 11.2 Å². The number of hydrogen-bond donors (Lipinski definition) is 8. The van der Waals surface area contributed by atoms with E-state index in [9.17, 15) is 51.7 Å². The normalized spacial score (nSPS) is 23.8. The van der Waals surface area contributed by atoms with E-state index in [0.717, 1.165) is 70.2 Å². The Hall–Kier alpha value is -9.18. The smallest absolute Gasteiger partial charge is 0.352 e. The van der Waals surface area contributed by atoms with E-state index < -0.39 is 131 Å². The molecule has 0 amide bonds. The first-order valence-corrected chi connectivity index (χ1v) is 30.9. The van der Waals surface area contributed by atoms with Crippen molar-refractivity contribution in [2.24, 2.45) is 0 Å². The molecule has 0 saturated carbocycles. The second-order valence-corrected chi connectivity index (χ2v) is 22.4. The van der Waals surface area contributed by atoms with Gasteiger partial charge in [-0.3, -0.25) is 22.8 Å². The second-order valence-electron chi connectivity index (χ2n) is 21.6. The molecule has 540 valence electrons. The van der Waals surface area contributed by atoms with E-state index in [1.807, 2.05) is 17.7 Å². The van der Waals surface area contributed by atoms with Gasteiger partial charge in [0.05, 0.1) is 69.2 Å². The highest BCUT2D eigenvalue weighted by Crippen LogP contribution is 2.31. The van der Waals surface area contributed by atoms with Gasteiger partial charge in [0.15, 0.2) is 83.5 Å². The molecule has 37 nitrogen and oxygen atoms in total. The Balaban J connectivity index is 0.000000167. The second kappa shape index (κ2) is 35.5. The molecule has 0 aromatic carbocycles. The minimum absolute atomic E-state index is 0.0717. The summed E-state index contributed by atoms with van der Waals surface area (Å²) in [5, 5.41) is 20.0. The van der Waals surface area contributed by atoms with Crippen molar-refractivity contribution in [3.63, 3.8) is 0 Å². The molecule has 14 N–H and O–H groups in total. The predicted molar refractivity (Wildman–Crippen MR) is 344 cm³/mol. The van der Waals surface area contributed by atoms with Gasteiger partial charge in [-0.2, -0.15) is 29.9 Å². The Bertz CT molecular complexity index is 4240. The minimum Gasteiger partial charge on any atom is -0.388 e. The maximum absolute atomic E-state index is 13.2. The molecule has 13 atom stereocenters. The number of aromatic nitrogens is 14. The molecular formula is C57H76F4N20O17S. The highest BCUT2D eigenvalue weighted by molar-refractivity contribution is 7.98. The molecule has 42 heteroatoms. The van der Waals surface area contributed by atoms with Crippen molar-refractivity contribution in [3.8, 4) is 0 Å². The molecule has 7 aromatic rings. The molecule has 5 aliphatic rings. The van der Waals surface area contributed by atoms with Gasteiger partial charge < -0.3 is 96.6 Å². The minimum atomic E-state index is -1.15. The van der Waals surface area contributed by atoms with E-state index in [1.165, 1.54) is 38.2 Å². The van der Waals surface area contributed by atoms with E-state index >= 15 is 0 Å². The summed E-state index contributed by atoms with van der Waals surface area (Å²) in [6.07, 6.45) is 11.0. The zero-order chi connectivity index (χ0) is 72.5. The average molecular weight is 1420 g/mol. The number of anilines is 6. The number of thioether (sulfide) groups is 1. The quantitative estimate of drug-likeness (QED) is 0.0295. The molecule has 12 heterocycles. The van der Waals surface area contributed by atoms with Crippen LogP contribution in [0.2, 0.25) is 0 Å². The van der Waals surface area contributed by atoms with Crippen LogP contribution < -0.4 is 62.9 Å². The topological polar surface area (TPSA) is 507 Å². The molecular weight excluding hydrogens is 1340 g/mol. The lowest BCUT2D eigenvalue weighted by molar-refractivity contribution is -0.134. The molecule has 7 aromatic heterocycles. The number of aliphatic hydroxyl groups is 2. The Kier molecular flexibility index (Phi) is 27.7. The SMILES string of the molecule is CC1OC(n2ccc(N)nc2=O)C(O)C1O.COC(C)Cn1cnc2c(SC)nc(N)nc21.COC[C@H]1C=C[C@@H](n2cc(F)c(N)nc2=O)O1.COC[C@H]1CC[C@@H](n2cc(F)c(N)nc2=O)O1.CO[C@H]1C=C[C@@H](n2cc(F)c(N)nc2=O)O1.CO[C@H]1CC[C@@H](n2cc(F)c(N)nc2=O)O1. The molecule has 12 rings (SSSR count). The van der Waals surface area contributed by atoms with Crippen molar-refractivity contribution in [1.82, 2.24) is 67.3 Å². The van der Waals surface area contributed by atoms with Gasteiger partial charge in [-0.05, 0) is 63.7 Å². The molecule has 0 aliphatic carbocycles. The largest absolute Gasteiger partial charge is 0.388 e. The lowest BCUT2D eigenvalue weighted by Crippen LogP contribution is -2.35. The average Bonchev–Trinajstić information content (AvgIpc) is 1.69. The van der Waals surface area contributed by atoms with Crippen LogP contribution in [0.3, 0.4) is 0 Å². The van der Waals surface area contributed by atoms with E-state index in [4.69, 9.17) is 81.8 Å². The fraction of sp³-hybridized carbons (Fsp3) is 0.491. The summed E-state index contributed by atoms with van der Waals surface area (Å²) in [6, 6.07) is 1.42. The highest BCUT2D eigenvalue weighted by atomic mass is 32.2. The van der Waals surface area contributed by atoms with Crippen LogP contribution in [0.1, 0.15) is 70.7 Å². The zero-order valence-corrected chi connectivity index (χ0v) is 55.3. The number of nitrogens with zero attached hydrogens (tertiary/aromatic N) is 14. The summed E-state index contributed by atoms with van der Waals surface area (Å²) in [6.45, 7) is 5.12. The van der Waals surface area contributed by atoms with Gasteiger partial charge >= 0.3 is 28.4 Å². The Labute approximate surface area is 562 Å². The number of imidazole rings is 1. The van der Waals surface area contributed by atoms with Gasteiger partial charge in [-0.1, -0.05) is 6.08 Å². The van der Waals surface area contributed by atoms with E-state index in [1.54, 1.807) is 58.9 Å². The fourth-order valence-electron chi connectivity index (χ4n) is 9.63. The first-order chi connectivity index (χ1) is 47.1. The molecule has 0 bridgehead atoms. The predicted octanol–water partition coefficient (Wildman–Crippen LogP) is 0.251. The van der Waals surface area contributed by atoms with Crippen molar-refractivity contribution in [2.45, 2.75) is 131 Å². The van der Waals surface area contributed by atoms with Crippen LogP contribution in [0.5, 0.6) is 0 Å². The van der Waals surface area contributed by atoms with Crippen LogP contribution in [0, 0.1) is 23.3 Å². The van der Waals surface area contributed by atoms with Crippen molar-refractivity contribution in [3.05, 3.63) is 143 Å². The summed E-state index contributed by atoms with van der Waals surface area (Å²) in [4.78, 5) is 87.1. The number of fused-ring (bicyclic) bond motifs is 1. The number of halogens is 4. The van der Waals surface area contributed by atoms with Crippen LogP contribution in [-0.2, 0) is 53.9 Å². The zero-order valence-electron chi connectivity index (χ0n) is 54.5. The monoisotopic (exact) mass is 1420 g/mol. The van der Waals surface area contributed by atoms with Gasteiger partial charge in [-0.25, -0.2) is 51.5 Å². The Morgan fingerprint density at radius 3 is 1.60 bits per heavy atom. The third-order valence-electron chi connectivity index (χ3n) is 14.7. The Morgan fingerprint density at radius 2 is 1.11 bits per heavy atom. The van der Waals surface area contributed by atoms with Crippen LogP contribution in [-0.4, -0.2) is 182 Å². The molecule has 3 fully saturated rings. The number of nitrogens with two attached hydrogens (primary N) is 6. The van der Waals surface area contributed by atoms with Crippen molar-refractivity contribution >= 4 is 58.0 Å². The van der Waals surface area contributed by atoms with E-state index in [-0.39, 0.29) is 36.4 Å². The van der Waals surface area contributed by atoms with E-state index in [2.05, 4.69) is 39.9 Å². The maximum Gasteiger partial charge on any atom is 0.352 e. The van der Waals surface area contributed by atoms with Crippen molar-refractivity contribution < 1.29 is 75.1 Å². The first kappa shape index (κ1) is 77.2. The number of ether oxygens (including phenoxy) is 10. The number of methoxy groups -OCH3 is 5. The maximum atomic E-state index is 13.2. The molecule has 3 saturated heterocycles. The summed E-state index contributed by atoms with van der Waals surface area (Å²) in [7, 11) is 7.77.